The first kappa shape index (κ1) is 17.1. The van der Waals surface area contributed by atoms with Crippen molar-refractivity contribution in [2.24, 2.45) is 0 Å². The summed E-state index contributed by atoms with van der Waals surface area (Å²) in [4.78, 5) is 9.84. The molecule has 2 aliphatic heterocycles. The molecule has 5 rings (SSSR count). The standard InChI is InChI=1S/C21H16S5/c1-4-16(14-6-2-12-22-14)24-17(5-1)19-10-11-21(26-19)20-9-8-18(25-20)15-7-3-13-23-15/h2-5,7-14H,1,6H2. The molecule has 5 heteroatoms. The molecule has 0 saturated heterocycles. The summed E-state index contributed by atoms with van der Waals surface area (Å²) in [7, 11) is 0. The van der Waals surface area contributed by atoms with Gasteiger partial charge in [-0.15, -0.1) is 45.8 Å². The molecule has 0 aliphatic carbocycles. The number of thioether (sulfide) groups is 2. The lowest BCUT2D eigenvalue weighted by molar-refractivity contribution is 1.07. The van der Waals surface area contributed by atoms with E-state index in [4.69, 9.17) is 0 Å². The van der Waals surface area contributed by atoms with Crippen molar-refractivity contribution < 1.29 is 0 Å². The van der Waals surface area contributed by atoms with E-state index in [1.807, 2.05) is 57.5 Å². The highest BCUT2D eigenvalue weighted by molar-refractivity contribution is 8.13. The Morgan fingerprint density at radius 3 is 2.31 bits per heavy atom. The largest absolute Gasteiger partial charge is 0.143 e. The maximum atomic E-state index is 2.40. The van der Waals surface area contributed by atoms with E-state index in [9.17, 15) is 0 Å². The molecule has 0 bridgehead atoms. The second-order valence-corrected chi connectivity index (χ2v) is 11.4. The van der Waals surface area contributed by atoms with E-state index >= 15 is 0 Å². The lowest BCUT2D eigenvalue weighted by Crippen LogP contribution is -2.01. The first-order chi connectivity index (χ1) is 12.9. The minimum absolute atomic E-state index is 0.633. The lowest BCUT2D eigenvalue weighted by Gasteiger charge is -2.18. The van der Waals surface area contributed by atoms with Gasteiger partial charge in [0.05, 0.1) is 0 Å². The predicted molar refractivity (Wildman–Crippen MR) is 124 cm³/mol. The molecule has 0 spiro atoms. The number of hydrogen-bond acceptors (Lipinski definition) is 5. The van der Waals surface area contributed by atoms with E-state index in [1.54, 1.807) is 0 Å². The van der Waals surface area contributed by atoms with E-state index in [0.717, 1.165) is 6.42 Å². The molecule has 1 unspecified atom stereocenters. The van der Waals surface area contributed by atoms with Crippen LogP contribution in [-0.2, 0) is 0 Å². The second-order valence-electron chi connectivity index (χ2n) is 6.05. The van der Waals surface area contributed by atoms with Crippen LogP contribution in [0.4, 0.5) is 0 Å². The number of thiophene rings is 3. The van der Waals surface area contributed by atoms with Gasteiger partial charge in [-0.2, -0.15) is 0 Å². The zero-order valence-electron chi connectivity index (χ0n) is 13.9. The van der Waals surface area contributed by atoms with Gasteiger partial charge in [0.2, 0.25) is 0 Å². The third kappa shape index (κ3) is 3.43. The van der Waals surface area contributed by atoms with Crippen LogP contribution in [0.2, 0.25) is 0 Å². The zero-order valence-corrected chi connectivity index (χ0v) is 18.0. The Bertz CT molecular complexity index is 989. The van der Waals surface area contributed by atoms with Crippen LogP contribution in [0.25, 0.3) is 24.4 Å². The SMILES string of the molecule is C1=CSC(C2=CCC=C(c3ccc(-c4ccc(-c5cccs5)s4)s3)S2)C1. The third-order valence-electron chi connectivity index (χ3n) is 4.32. The van der Waals surface area contributed by atoms with Gasteiger partial charge in [0.15, 0.2) is 0 Å². The molecule has 3 aromatic rings. The summed E-state index contributed by atoms with van der Waals surface area (Å²) >= 11 is 9.56. The molecule has 0 N–H and O–H groups in total. The van der Waals surface area contributed by atoms with Crippen molar-refractivity contribution in [1.29, 1.82) is 0 Å². The average Bonchev–Trinajstić information content (AvgIpc) is 3.49. The highest BCUT2D eigenvalue weighted by atomic mass is 32.2. The molecule has 26 heavy (non-hydrogen) atoms. The first-order valence-corrected chi connectivity index (χ1v) is 12.8. The third-order valence-corrected chi connectivity index (χ3v) is 10.5. The quantitative estimate of drug-likeness (QED) is 0.408. The van der Waals surface area contributed by atoms with Crippen molar-refractivity contribution in [3.05, 3.63) is 75.2 Å². The summed E-state index contributed by atoms with van der Waals surface area (Å²) in [6.07, 6.45) is 9.30. The second kappa shape index (κ2) is 7.56. The summed E-state index contributed by atoms with van der Waals surface area (Å²) in [5, 5.41) is 5.03. The lowest BCUT2D eigenvalue weighted by atomic mass is 10.2. The molecule has 0 fully saturated rings. The van der Waals surface area contributed by atoms with Crippen molar-refractivity contribution in [2.75, 3.05) is 0 Å². The van der Waals surface area contributed by atoms with Gasteiger partial charge in [0, 0.05) is 34.5 Å². The molecular weight excluding hydrogens is 413 g/mol. The maximum absolute atomic E-state index is 2.40. The maximum Gasteiger partial charge on any atom is 0.0449 e. The van der Waals surface area contributed by atoms with Crippen LogP contribution in [-0.4, -0.2) is 5.25 Å². The van der Waals surface area contributed by atoms with Gasteiger partial charge in [-0.05, 0) is 58.9 Å². The highest BCUT2D eigenvalue weighted by Gasteiger charge is 2.21. The summed E-state index contributed by atoms with van der Waals surface area (Å²) < 4.78 is 0. The van der Waals surface area contributed by atoms with Gasteiger partial charge >= 0.3 is 0 Å². The van der Waals surface area contributed by atoms with E-state index in [1.165, 1.54) is 40.6 Å². The van der Waals surface area contributed by atoms with Gasteiger partial charge in [-0.1, -0.05) is 36.1 Å². The fourth-order valence-electron chi connectivity index (χ4n) is 3.03. The van der Waals surface area contributed by atoms with Crippen LogP contribution in [0, 0.1) is 0 Å². The summed E-state index contributed by atoms with van der Waals surface area (Å²) in [6.45, 7) is 0. The van der Waals surface area contributed by atoms with Crippen LogP contribution in [0.5, 0.6) is 0 Å². The molecule has 0 amide bonds. The molecule has 130 valence electrons. The van der Waals surface area contributed by atoms with Crippen molar-refractivity contribution >= 4 is 62.4 Å². The van der Waals surface area contributed by atoms with E-state index in [0.29, 0.717) is 5.25 Å². The van der Waals surface area contributed by atoms with Gasteiger partial charge in [-0.3, -0.25) is 0 Å². The van der Waals surface area contributed by atoms with Crippen molar-refractivity contribution in [2.45, 2.75) is 18.1 Å². The Hall–Kier alpha value is -0.980. The van der Waals surface area contributed by atoms with Gasteiger partial charge in [0.25, 0.3) is 0 Å². The molecular formula is C21H16S5. The molecule has 0 saturated carbocycles. The van der Waals surface area contributed by atoms with Gasteiger partial charge in [-0.25, -0.2) is 0 Å². The summed E-state index contributed by atoms with van der Waals surface area (Å²) in [5.41, 5.74) is 0. The van der Waals surface area contributed by atoms with Crippen LogP contribution >= 0.6 is 57.5 Å². The minimum atomic E-state index is 0.633. The molecule has 3 aromatic heterocycles. The number of hydrogen-bond donors (Lipinski definition) is 0. The van der Waals surface area contributed by atoms with Crippen molar-refractivity contribution in [3.8, 4) is 19.5 Å². The predicted octanol–water partition coefficient (Wildman–Crippen LogP) is 8.59. The zero-order chi connectivity index (χ0) is 17.3. The highest BCUT2D eigenvalue weighted by Crippen LogP contribution is 2.48. The van der Waals surface area contributed by atoms with E-state index < -0.39 is 0 Å². The fraction of sp³-hybridized carbons (Fsp3) is 0.143. The molecule has 0 nitrogen and oxygen atoms in total. The van der Waals surface area contributed by atoms with Gasteiger partial charge in [0.1, 0.15) is 0 Å². The summed E-state index contributed by atoms with van der Waals surface area (Å²) in [6, 6.07) is 13.4. The molecule has 5 heterocycles. The number of allylic oxidation sites excluding steroid dienone is 3. The van der Waals surface area contributed by atoms with Crippen molar-refractivity contribution in [3.63, 3.8) is 0 Å². The van der Waals surface area contributed by atoms with Crippen LogP contribution in [0.3, 0.4) is 0 Å². The van der Waals surface area contributed by atoms with E-state index in [-0.39, 0.29) is 0 Å². The summed E-state index contributed by atoms with van der Waals surface area (Å²) in [5.74, 6) is 0. The fourth-order valence-corrected chi connectivity index (χ4v) is 8.34. The minimum Gasteiger partial charge on any atom is -0.143 e. The number of rotatable bonds is 4. The smallest absolute Gasteiger partial charge is 0.0449 e. The van der Waals surface area contributed by atoms with Crippen LogP contribution in [0.15, 0.2) is 70.3 Å². The Balaban J connectivity index is 1.35. The molecule has 0 aromatic carbocycles. The van der Waals surface area contributed by atoms with Crippen molar-refractivity contribution in [1.82, 2.24) is 0 Å². The Kier molecular flexibility index (Phi) is 4.99. The molecule has 0 radical (unpaired) electrons. The Morgan fingerprint density at radius 2 is 1.58 bits per heavy atom. The molecule has 2 aliphatic rings. The molecule has 1 atom stereocenters. The van der Waals surface area contributed by atoms with Gasteiger partial charge < -0.3 is 0 Å². The first-order valence-electron chi connectivity index (χ1n) is 8.50. The monoisotopic (exact) mass is 428 g/mol. The topological polar surface area (TPSA) is 0 Å². The van der Waals surface area contributed by atoms with Crippen LogP contribution in [0.1, 0.15) is 17.7 Å². The normalized spacial score (nSPS) is 19.6. The van der Waals surface area contributed by atoms with E-state index in [2.05, 4.69) is 65.4 Å². The Labute approximate surface area is 174 Å². The Morgan fingerprint density at radius 1 is 0.808 bits per heavy atom. The van der Waals surface area contributed by atoms with Crippen LogP contribution < -0.4 is 0 Å². The average molecular weight is 429 g/mol.